The molecular formula is C19H18N2O4S. The molecule has 4 rings (SSSR count). The standard InChI is InChI=1S/C19H18N2O4S/c1-10-3-6-14-16(7-10)26-19(20-14)21-17(22)13-8-11-4-5-12(24-2)9-15(11)25-18(13)23/h4-5,8-10H,3,6-7H2,1-2H3,(H,20,21,22). The van der Waals surface area contributed by atoms with Gasteiger partial charge in [-0.1, -0.05) is 6.92 Å². The molecule has 0 fully saturated rings. The van der Waals surface area contributed by atoms with Crippen LogP contribution in [0.3, 0.4) is 0 Å². The molecule has 6 nitrogen and oxygen atoms in total. The highest BCUT2D eigenvalue weighted by Crippen LogP contribution is 2.32. The zero-order valence-electron chi connectivity index (χ0n) is 14.5. The normalized spacial score (nSPS) is 16.3. The number of carbonyl (C=O) groups excluding carboxylic acids is 1. The van der Waals surface area contributed by atoms with Gasteiger partial charge in [0.15, 0.2) is 5.13 Å². The van der Waals surface area contributed by atoms with Gasteiger partial charge in [-0.3, -0.25) is 10.1 Å². The molecule has 7 heteroatoms. The molecular weight excluding hydrogens is 352 g/mol. The van der Waals surface area contributed by atoms with Crippen LogP contribution < -0.4 is 15.7 Å². The molecule has 1 N–H and O–H groups in total. The molecule has 0 saturated heterocycles. The summed E-state index contributed by atoms with van der Waals surface area (Å²) in [4.78, 5) is 30.5. The number of amides is 1. The Bertz CT molecular complexity index is 1050. The lowest BCUT2D eigenvalue weighted by molar-refractivity contribution is 0.102. The number of nitrogens with one attached hydrogen (secondary N) is 1. The van der Waals surface area contributed by atoms with Crippen LogP contribution in [0.4, 0.5) is 5.13 Å². The van der Waals surface area contributed by atoms with Gasteiger partial charge in [-0.2, -0.15) is 0 Å². The van der Waals surface area contributed by atoms with E-state index < -0.39 is 11.5 Å². The summed E-state index contributed by atoms with van der Waals surface area (Å²) < 4.78 is 10.4. The fourth-order valence-corrected chi connectivity index (χ4v) is 4.30. The van der Waals surface area contributed by atoms with Crippen molar-refractivity contribution in [3.8, 4) is 5.75 Å². The molecule has 1 aliphatic carbocycles. The smallest absolute Gasteiger partial charge is 0.349 e. The number of anilines is 1. The number of rotatable bonds is 3. The number of hydrogen-bond acceptors (Lipinski definition) is 6. The molecule has 2 aromatic heterocycles. The van der Waals surface area contributed by atoms with Gasteiger partial charge in [0.1, 0.15) is 16.9 Å². The van der Waals surface area contributed by atoms with E-state index in [9.17, 15) is 9.59 Å². The summed E-state index contributed by atoms with van der Waals surface area (Å²) in [6.07, 6.45) is 3.04. The van der Waals surface area contributed by atoms with Crippen molar-refractivity contribution in [2.24, 2.45) is 5.92 Å². The lowest BCUT2D eigenvalue weighted by Crippen LogP contribution is -2.20. The molecule has 0 bridgehead atoms. The SMILES string of the molecule is COc1ccc2cc(C(=O)Nc3nc4c(s3)CC(C)CC4)c(=O)oc2c1. The van der Waals surface area contributed by atoms with Gasteiger partial charge in [0.2, 0.25) is 0 Å². The first-order valence-corrected chi connectivity index (χ1v) is 9.27. The maximum atomic E-state index is 12.5. The average Bonchev–Trinajstić information content (AvgIpc) is 3.01. The molecule has 1 amide bonds. The third-order valence-electron chi connectivity index (χ3n) is 4.59. The predicted octanol–water partition coefficient (Wildman–Crippen LogP) is 3.64. The number of thiazole rings is 1. The fourth-order valence-electron chi connectivity index (χ4n) is 3.13. The number of fused-ring (bicyclic) bond motifs is 2. The van der Waals surface area contributed by atoms with Crippen molar-refractivity contribution in [3.63, 3.8) is 0 Å². The van der Waals surface area contributed by atoms with Crippen molar-refractivity contribution in [2.45, 2.75) is 26.2 Å². The van der Waals surface area contributed by atoms with E-state index in [1.54, 1.807) is 18.2 Å². The average molecular weight is 370 g/mol. The molecule has 1 aliphatic rings. The Balaban J connectivity index is 1.62. The van der Waals surface area contributed by atoms with Crippen LogP contribution in [0.15, 0.2) is 33.5 Å². The number of hydrogen-bond donors (Lipinski definition) is 1. The Labute approximate surface area is 153 Å². The van der Waals surface area contributed by atoms with Gasteiger partial charge >= 0.3 is 5.63 Å². The topological polar surface area (TPSA) is 81.4 Å². The minimum Gasteiger partial charge on any atom is -0.497 e. The number of benzene rings is 1. The Morgan fingerprint density at radius 3 is 3.04 bits per heavy atom. The fraction of sp³-hybridized carbons (Fsp3) is 0.316. The van der Waals surface area contributed by atoms with Crippen LogP contribution in [-0.2, 0) is 12.8 Å². The van der Waals surface area contributed by atoms with E-state index in [0.29, 0.717) is 27.8 Å². The molecule has 1 unspecified atom stereocenters. The van der Waals surface area contributed by atoms with E-state index in [4.69, 9.17) is 9.15 Å². The van der Waals surface area contributed by atoms with E-state index in [1.165, 1.54) is 29.4 Å². The second-order valence-corrected chi connectivity index (χ2v) is 7.63. The lowest BCUT2D eigenvalue weighted by atomic mass is 9.93. The third kappa shape index (κ3) is 3.10. The molecule has 1 aromatic carbocycles. The first-order valence-electron chi connectivity index (χ1n) is 8.45. The maximum absolute atomic E-state index is 12.5. The van der Waals surface area contributed by atoms with Crippen molar-refractivity contribution in [1.82, 2.24) is 4.98 Å². The second-order valence-electron chi connectivity index (χ2n) is 6.54. The zero-order chi connectivity index (χ0) is 18.3. The summed E-state index contributed by atoms with van der Waals surface area (Å²) in [7, 11) is 1.54. The van der Waals surface area contributed by atoms with Gasteiger partial charge in [0, 0.05) is 16.3 Å². The van der Waals surface area contributed by atoms with Crippen LogP contribution in [0.1, 0.15) is 34.3 Å². The van der Waals surface area contributed by atoms with E-state index in [1.807, 2.05) is 0 Å². The van der Waals surface area contributed by atoms with Crippen LogP contribution >= 0.6 is 11.3 Å². The van der Waals surface area contributed by atoms with Gasteiger partial charge < -0.3 is 9.15 Å². The summed E-state index contributed by atoms with van der Waals surface area (Å²) in [6.45, 7) is 2.22. The first-order chi connectivity index (χ1) is 12.5. The van der Waals surface area contributed by atoms with Crippen LogP contribution in [0.25, 0.3) is 11.0 Å². The highest BCUT2D eigenvalue weighted by atomic mass is 32.1. The Hall–Kier alpha value is -2.67. The first kappa shape index (κ1) is 16.8. The summed E-state index contributed by atoms with van der Waals surface area (Å²) in [5.74, 6) is 0.715. The van der Waals surface area contributed by atoms with E-state index in [-0.39, 0.29) is 5.56 Å². The zero-order valence-corrected chi connectivity index (χ0v) is 15.3. The highest BCUT2D eigenvalue weighted by molar-refractivity contribution is 7.15. The second kappa shape index (κ2) is 6.57. The van der Waals surface area contributed by atoms with Crippen LogP contribution in [0.2, 0.25) is 0 Å². The number of ether oxygens (including phenoxy) is 1. The van der Waals surface area contributed by atoms with E-state index >= 15 is 0 Å². The van der Waals surface area contributed by atoms with Crippen molar-refractivity contribution in [3.05, 3.63) is 50.8 Å². The van der Waals surface area contributed by atoms with Crippen LogP contribution in [0.5, 0.6) is 5.75 Å². The number of methoxy groups -OCH3 is 1. The Kier molecular flexibility index (Phi) is 4.24. The summed E-state index contributed by atoms with van der Waals surface area (Å²) in [5.41, 5.74) is 0.716. The largest absolute Gasteiger partial charge is 0.497 e. The molecule has 0 radical (unpaired) electrons. The molecule has 2 heterocycles. The Morgan fingerprint density at radius 2 is 2.23 bits per heavy atom. The van der Waals surface area contributed by atoms with Gasteiger partial charge in [-0.25, -0.2) is 9.78 Å². The molecule has 0 spiro atoms. The van der Waals surface area contributed by atoms with Gasteiger partial charge in [-0.05, 0) is 43.4 Å². The number of nitrogens with zero attached hydrogens (tertiary/aromatic N) is 1. The minimum absolute atomic E-state index is 0.0378. The lowest BCUT2D eigenvalue weighted by Gasteiger charge is -2.15. The Morgan fingerprint density at radius 1 is 1.38 bits per heavy atom. The quantitative estimate of drug-likeness (QED) is 0.712. The summed E-state index contributed by atoms with van der Waals surface area (Å²) >= 11 is 1.48. The third-order valence-corrected chi connectivity index (χ3v) is 5.63. The molecule has 134 valence electrons. The number of aryl methyl sites for hydroxylation is 1. The van der Waals surface area contributed by atoms with Gasteiger partial charge in [0.05, 0.1) is 12.8 Å². The summed E-state index contributed by atoms with van der Waals surface area (Å²) in [6, 6.07) is 6.65. The monoisotopic (exact) mass is 370 g/mol. The van der Waals surface area contributed by atoms with Crippen molar-refractivity contribution < 1.29 is 13.9 Å². The van der Waals surface area contributed by atoms with Crippen molar-refractivity contribution in [2.75, 3.05) is 12.4 Å². The minimum atomic E-state index is -0.682. The molecule has 0 aliphatic heterocycles. The molecule has 3 aromatic rings. The maximum Gasteiger partial charge on any atom is 0.349 e. The van der Waals surface area contributed by atoms with Crippen LogP contribution in [0, 0.1) is 5.92 Å². The van der Waals surface area contributed by atoms with Gasteiger partial charge in [-0.15, -0.1) is 11.3 Å². The number of carbonyl (C=O) groups is 1. The number of aromatic nitrogens is 1. The van der Waals surface area contributed by atoms with Crippen LogP contribution in [-0.4, -0.2) is 18.0 Å². The van der Waals surface area contributed by atoms with E-state index in [2.05, 4.69) is 17.2 Å². The predicted molar refractivity (Wildman–Crippen MR) is 100 cm³/mol. The van der Waals surface area contributed by atoms with Crippen molar-refractivity contribution in [1.29, 1.82) is 0 Å². The molecule has 1 atom stereocenters. The molecule has 26 heavy (non-hydrogen) atoms. The highest BCUT2D eigenvalue weighted by Gasteiger charge is 2.22. The summed E-state index contributed by atoms with van der Waals surface area (Å²) in [5, 5.41) is 3.93. The van der Waals surface area contributed by atoms with Crippen molar-refractivity contribution >= 4 is 33.3 Å². The van der Waals surface area contributed by atoms with Gasteiger partial charge in [0.25, 0.3) is 5.91 Å². The molecule has 0 saturated carbocycles. The van der Waals surface area contributed by atoms with E-state index in [0.717, 1.165) is 25.0 Å².